The van der Waals surface area contributed by atoms with E-state index in [4.69, 9.17) is 4.74 Å². The van der Waals surface area contributed by atoms with Gasteiger partial charge in [0.05, 0.1) is 16.8 Å². The van der Waals surface area contributed by atoms with E-state index in [1.54, 1.807) is 11.3 Å². The number of aryl methyl sites for hydroxylation is 2. The number of carbonyl (C=O) groups excluding carboxylic acids is 1. The summed E-state index contributed by atoms with van der Waals surface area (Å²) in [6, 6.07) is 2.22. The van der Waals surface area contributed by atoms with Crippen LogP contribution in [0.2, 0.25) is 0 Å². The Morgan fingerprint density at radius 1 is 1.55 bits per heavy atom. The Morgan fingerprint density at radius 3 is 3.05 bits per heavy atom. The van der Waals surface area contributed by atoms with E-state index in [-0.39, 0.29) is 11.8 Å². The first-order valence-corrected chi connectivity index (χ1v) is 8.70. The zero-order valence-corrected chi connectivity index (χ0v) is 13.7. The molecule has 1 aromatic rings. The van der Waals surface area contributed by atoms with Gasteiger partial charge in [0.1, 0.15) is 5.41 Å². The highest BCUT2D eigenvalue weighted by molar-refractivity contribution is 7.11. The van der Waals surface area contributed by atoms with Crippen LogP contribution in [-0.4, -0.2) is 30.6 Å². The first-order valence-electron chi connectivity index (χ1n) is 7.88. The van der Waals surface area contributed by atoms with Crippen LogP contribution >= 0.6 is 11.3 Å². The molecule has 118 valence electrons. The van der Waals surface area contributed by atoms with Gasteiger partial charge in [0.25, 0.3) is 0 Å². The van der Waals surface area contributed by atoms with Crippen molar-refractivity contribution in [2.45, 2.75) is 44.9 Å². The molecular weight excluding hydrogens is 298 g/mol. The van der Waals surface area contributed by atoms with Crippen LogP contribution in [0.3, 0.4) is 0 Å². The Kier molecular flexibility index (Phi) is 4.46. The number of nitrogens with one attached hydrogen (secondary N) is 1. The van der Waals surface area contributed by atoms with Crippen molar-refractivity contribution in [2.24, 2.45) is 5.41 Å². The maximum absolute atomic E-state index is 12.5. The number of aromatic nitrogens is 1. The highest BCUT2D eigenvalue weighted by Crippen LogP contribution is 2.35. The molecule has 1 amide bonds. The molecule has 0 radical (unpaired) electrons. The molecule has 0 unspecified atom stereocenters. The molecule has 6 heteroatoms. The van der Waals surface area contributed by atoms with Crippen LogP contribution in [0.1, 0.15) is 47.2 Å². The number of thiazole rings is 1. The van der Waals surface area contributed by atoms with E-state index in [1.807, 2.05) is 6.92 Å². The molecule has 2 heterocycles. The van der Waals surface area contributed by atoms with Crippen molar-refractivity contribution in [3.05, 3.63) is 15.6 Å². The van der Waals surface area contributed by atoms with Crippen LogP contribution in [0.5, 0.6) is 0 Å². The molecule has 1 aliphatic heterocycles. The summed E-state index contributed by atoms with van der Waals surface area (Å²) in [5, 5.41) is 13.5. The van der Waals surface area contributed by atoms with Gasteiger partial charge in [-0.25, -0.2) is 4.98 Å². The number of nitrogens with zero attached hydrogens (tertiary/aromatic N) is 2. The van der Waals surface area contributed by atoms with E-state index in [1.165, 1.54) is 4.88 Å². The Balaban J connectivity index is 1.65. The molecule has 1 saturated heterocycles. The van der Waals surface area contributed by atoms with Crippen LogP contribution in [0.4, 0.5) is 0 Å². The number of hydrogen-bond acceptors (Lipinski definition) is 5. The van der Waals surface area contributed by atoms with Gasteiger partial charge in [-0.3, -0.25) is 4.79 Å². The predicted octanol–water partition coefficient (Wildman–Crippen LogP) is 2.31. The minimum Gasteiger partial charge on any atom is -0.381 e. The van der Waals surface area contributed by atoms with Crippen LogP contribution < -0.4 is 5.32 Å². The second kappa shape index (κ2) is 6.35. The number of carbonyl (C=O) groups is 1. The molecule has 22 heavy (non-hydrogen) atoms. The normalized spacial score (nSPS) is 23.4. The summed E-state index contributed by atoms with van der Waals surface area (Å²) in [4.78, 5) is 18.5. The fraction of sp³-hybridized carbons (Fsp3) is 0.688. The summed E-state index contributed by atoms with van der Waals surface area (Å²) in [6.07, 6.45) is 4.28. The summed E-state index contributed by atoms with van der Waals surface area (Å²) in [5.74, 6) is 0.144. The number of nitriles is 1. The van der Waals surface area contributed by atoms with E-state index in [2.05, 4.69) is 16.4 Å². The Bertz CT molecular complexity index is 599. The van der Waals surface area contributed by atoms with Gasteiger partial charge < -0.3 is 10.1 Å². The summed E-state index contributed by atoms with van der Waals surface area (Å²) < 4.78 is 5.28. The monoisotopic (exact) mass is 319 g/mol. The highest BCUT2D eigenvalue weighted by atomic mass is 32.1. The van der Waals surface area contributed by atoms with Gasteiger partial charge in [0.15, 0.2) is 0 Å². The van der Waals surface area contributed by atoms with Gasteiger partial charge in [-0.05, 0) is 39.0 Å². The van der Waals surface area contributed by atoms with Crippen molar-refractivity contribution in [1.29, 1.82) is 5.26 Å². The fourth-order valence-corrected chi connectivity index (χ4v) is 4.39. The molecule has 0 saturated carbocycles. The minimum absolute atomic E-state index is 0.141. The second-order valence-corrected chi connectivity index (χ2v) is 7.43. The van der Waals surface area contributed by atoms with Crippen molar-refractivity contribution in [3.63, 3.8) is 0 Å². The number of fused-ring (bicyclic) bond motifs is 1. The Labute approximate surface area is 134 Å². The van der Waals surface area contributed by atoms with Gasteiger partial charge in [-0.1, -0.05) is 0 Å². The fourth-order valence-electron chi connectivity index (χ4n) is 3.32. The van der Waals surface area contributed by atoms with Crippen LogP contribution in [0.25, 0.3) is 0 Å². The zero-order valence-electron chi connectivity index (χ0n) is 12.9. The third-order valence-corrected chi connectivity index (χ3v) is 5.73. The first-order chi connectivity index (χ1) is 10.6. The van der Waals surface area contributed by atoms with Crippen molar-refractivity contribution in [2.75, 3.05) is 19.8 Å². The molecule has 0 aromatic carbocycles. The summed E-state index contributed by atoms with van der Waals surface area (Å²) in [7, 11) is 0. The molecule has 1 fully saturated rings. The smallest absolute Gasteiger partial charge is 0.240 e. The van der Waals surface area contributed by atoms with E-state index >= 15 is 0 Å². The molecule has 1 N–H and O–H groups in total. The molecule has 1 aliphatic carbocycles. The lowest BCUT2D eigenvalue weighted by Crippen LogP contribution is -2.45. The molecule has 3 rings (SSSR count). The molecule has 1 aromatic heterocycles. The van der Waals surface area contributed by atoms with E-state index in [9.17, 15) is 10.1 Å². The van der Waals surface area contributed by atoms with Crippen LogP contribution in [0.15, 0.2) is 0 Å². The van der Waals surface area contributed by atoms with Gasteiger partial charge >= 0.3 is 0 Å². The number of rotatable bonds is 3. The van der Waals surface area contributed by atoms with Crippen molar-refractivity contribution < 1.29 is 9.53 Å². The largest absolute Gasteiger partial charge is 0.381 e. The lowest BCUT2D eigenvalue weighted by atomic mass is 9.80. The lowest BCUT2D eigenvalue weighted by Gasteiger charge is -2.30. The average Bonchev–Trinajstić information content (AvgIpc) is 2.94. The number of ether oxygens (including phenoxy) is 1. The first kappa shape index (κ1) is 15.4. The lowest BCUT2D eigenvalue weighted by molar-refractivity contribution is -0.132. The number of hydrogen-bond donors (Lipinski definition) is 1. The quantitative estimate of drug-likeness (QED) is 0.927. The Hall–Kier alpha value is -1.45. The standard InChI is InChI=1S/C16H21N3O2S/c1-11-19-14-12(3-2-4-13(14)22-11)9-18-15(20)16(10-17)5-7-21-8-6-16/h12H,2-9H2,1H3,(H,18,20)/t12-/m1/s1. The third-order valence-electron chi connectivity index (χ3n) is 4.68. The van der Waals surface area contributed by atoms with E-state index in [0.29, 0.717) is 32.6 Å². The maximum Gasteiger partial charge on any atom is 0.240 e. The molecule has 0 bridgehead atoms. The predicted molar refractivity (Wildman–Crippen MR) is 83.6 cm³/mol. The SMILES string of the molecule is Cc1nc2c(s1)CCC[C@@H]2CNC(=O)C1(C#N)CCOCC1. The third kappa shape index (κ3) is 2.88. The second-order valence-electron chi connectivity index (χ2n) is 6.15. The minimum atomic E-state index is -0.909. The number of amides is 1. The topological polar surface area (TPSA) is 75.0 Å². The maximum atomic E-state index is 12.5. The molecule has 5 nitrogen and oxygen atoms in total. The highest BCUT2D eigenvalue weighted by Gasteiger charge is 2.40. The summed E-state index contributed by atoms with van der Waals surface area (Å²) in [6.45, 7) is 3.59. The summed E-state index contributed by atoms with van der Waals surface area (Å²) >= 11 is 1.77. The molecular formula is C16H21N3O2S. The molecule has 2 aliphatic rings. The van der Waals surface area contributed by atoms with Crippen molar-refractivity contribution in [1.82, 2.24) is 10.3 Å². The summed E-state index contributed by atoms with van der Waals surface area (Å²) in [5.41, 5.74) is 0.250. The van der Waals surface area contributed by atoms with Crippen LogP contribution in [0, 0.1) is 23.7 Å². The van der Waals surface area contributed by atoms with E-state index < -0.39 is 5.41 Å². The van der Waals surface area contributed by atoms with E-state index in [0.717, 1.165) is 30.0 Å². The Morgan fingerprint density at radius 2 is 2.32 bits per heavy atom. The average molecular weight is 319 g/mol. The van der Waals surface area contributed by atoms with Gasteiger partial charge in [-0.15, -0.1) is 11.3 Å². The molecule has 0 spiro atoms. The van der Waals surface area contributed by atoms with Gasteiger partial charge in [-0.2, -0.15) is 5.26 Å². The van der Waals surface area contributed by atoms with Gasteiger partial charge in [0.2, 0.25) is 5.91 Å². The zero-order chi connectivity index (χ0) is 15.6. The van der Waals surface area contributed by atoms with Crippen LogP contribution in [-0.2, 0) is 16.0 Å². The van der Waals surface area contributed by atoms with Gasteiger partial charge in [0, 0.05) is 30.6 Å². The molecule has 1 atom stereocenters. The van der Waals surface area contributed by atoms with Crippen molar-refractivity contribution >= 4 is 17.2 Å². The van der Waals surface area contributed by atoms with Crippen molar-refractivity contribution in [3.8, 4) is 6.07 Å².